The molecule has 1 aliphatic rings. The minimum absolute atomic E-state index is 0.0200. The average molecular weight is 235 g/mol. The smallest absolute Gasteiger partial charge is 0.337 e. The zero-order valence-corrected chi connectivity index (χ0v) is 10.8. The Bertz CT molecular complexity index is 427. The van der Waals surface area contributed by atoms with Crippen molar-refractivity contribution in [2.45, 2.75) is 57.8 Å². The zero-order chi connectivity index (χ0) is 12.6. The number of aromatic carboxylic acids is 1. The summed E-state index contributed by atoms with van der Waals surface area (Å²) >= 11 is 0. The van der Waals surface area contributed by atoms with Crippen molar-refractivity contribution in [3.63, 3.8) is 0 Å². The number of carboxylic acid groups (broad SMARTS) is 1. The Morgan fingerprint density at radius 1 is 1.53 bits per heavy atom. The van der Waals surface area contributed by atoms with E-state index in [0.29, 0.717) is 11.5 Å². The molecule has 3 heteroatoms. The van der Waals surface area contributed by atoms with Gasteiger partial charge in [-0.05, 0) is 31.2 Å². The molecule has 0 aromatic carbocycles. The van der Waals surface area contributed by atoms with E-state index in [1.54, 1.807) is 0 Å². The number of nitrogens with one attached hydrogen (secondary N) is 1. The first-order valence-corrected chi connectivity index (χ1v) is 6.42. The molecule has 1 aliphatic carbocycles. The van der Waals surface area contributed by atoms with E-state index in [-0.39, 0.29) is 5.41 Å². The van der Waals surface area contributed by atoms with Crippen molar-refractivity contribution >= 4 is 5.97 Å². The van der Waals surface area contributed by atoms with Crippen molar-refractivity contribution in [3.8, 4) is 0 Å². The van der Waals surface area contributed by atoms with Gasteiger partial charge in [0.15, 0.2) is 0 Å². The van der Waals surface area contributed by atoms with Gasteiger partial charge >= 0.3 is 5.97 Å². The van der Waals surface area contributed by atoms with Gasteiger partial charge in [0.2, 0.25) is 0 Å². The summed E-state index contributed by atoms with van der Waals surface area (Å²) < 4.78 is 0. The highest BCUT2D eigenvalue weighted by Crippen LogP contribution is 2.39. The lowest BCUT2D eigenvalue weighted by atomic mass is 9.82. The summed E-state index contributed by atoms with van der Waals surface area (Å²) in [5, 5.41) is 9.27. The first-order valence-electron chi connectivity index (χ1n) is 6.42. The summed E-state index contributed by atoms with van der Waals surface area (Å²) in [4.78, 5) is 14.7. The maximum Gasteiger partial charge on any atom is 0.337 e. The molecule has 0 unspecified atom stereocenters. The van der Waals surface area contributed by atoms with Gasteiger partial charge in [-0.2, -0.15) is 0 Å². The van der Waals surface area contributed by atoms with E-state index in [4.69, 9.17) is 0 Å². The molecule has 1 aromatic rings. The van der Waals surface area contributed by atoms with Crippen LogP contribution in [0.5, 0.6) is 0 Å². The number of carboxylic acids is 1. The van der Waals surface area contributed by atoms with Crippen LogP contribution in [0.4, 0.5) is 0 Å². The fourth-order valence-corrected chi connectivity index (χ4v) is 2.22. The van der Waals surface area contributed by atoms with Crippen LogP contribution in [0, 0.1) is 0 Å². The number of H-pyrrole nitrogens is 1. The summed E-state index contributed by atoms with van der Waals surface area (Å²) in [7, 11) is 0. The zero-order valence-electron chi connectivity index (χ0n) is 10.8. The summed E-state index contributed by atoms with van der Waals surface area (Å²) in [5.41, 5.74) is 2.50. The molecule has 0 amide bonds. The number of aromatic amines is 1. The first kappa shape index (κ1) is 12.2. The van der Waals surface area contributed by atoms with E-state index >= 15 is 0 Å². The quantitative estimate of drug-likeness (QED) is 0.836. The highest BCUT2D eigenvalue weighted by atomic mass is 16.4. The third-order valence-electron chi connectivity index (χ3n) is 4.21. The van der Waals surface area contributed by atoms with Crippen LogP contribution in [0.15, 0.2) is 6.07 Å². The van der Waals surface area contributed by atoms with Crippen LogP contribution in [0.25, 0.3) is 0 Å². The highest BCUT2D eigenvalue weighted by molar-refractivity contribution is 5.89. The molecule has 0 spiro atoms. The van der Waals surface area contributed by atoms with E-state index < -0.39 is 5.97 Å². The molecule has 3 nitrogen and oxygen atoms in total. The van der Waals surface area contributed by atoms with Crippen LogP contribution in [-0.4, -0.2) is 16.1 Å². The van der Waals surface area contributed by atoms with E-state index in [1.807, 2.05) is 6.07 Å². The van der Waals surface area contributed by atoms with Gasteiger partial charge in [0.25, 0.3) is 0 Å². The topological polar surface area (TPSA) is 53.1 Å². The SMILES string of the molecule is CCC(C)(C)c1cc(C(=O)O)c(C2CCC2)[nH]1. The second-order valence-electron chi connectivity index (χ2n) is 5.68. The van der Waals surface area contributed by atoms with E-state index in [9.17, 15) is 9.90 Å². The molecule has 17 heavy (non-hydrogen) atoms. The van der Waals surface area contributed by atoms with Crippen molar-refractivity contribution in [3.05, 3.63) is 23.0 Å². The summed E-state index contributed by atoms with van der Waals surface area (Å²) in [6, 6.07) is 1.83. The van der Waals surface area contributed by atoms with E-state index in [0.717, 1.165) is 30.7 Å². The Morgan fingerprint density at radius 3 is 2.59 bits per heavy atom. The second-order valence-corrected chi connectivity index (χ2v) is 5.68. The molecule has 0 saturated heterocycles. The summed E-state index contributed by atoms with van der Waals surface area (Å²) in [5.74, 6) is -0.371. The van der Waals surface area contributed by atoms with Gasteiger partial charge in [-0.25, -0.2) is 4.79 Å². The Morgan fingerprint density at radius 2 is 2.18 bits per heavy atom. The monoisotopic (exact) mass is 235 g/mol. The van der Waals surface area contributed by atoms with Crippen molar-refractivity contribution in [2.75, 3.05) is 0 Å². The lowest BCUT2D eigenvalue weighted by Gasteiger charge is -2.26. The van der Waals surface area contributed by atoms with Crippen molar-refractivity contribution < 1.29 is 9.90 Å². The van der Waals surface area contributed by atoms with Gasteiger partial charge in [-0.15, -0.1) is 0 Å². The van der Waals surface area contributed by atoms with Gasteiger partial charge in [0.1, 0.15) is 0 Å². The van der Waals surface area contributed by atoms with Crippen LogP contribution in [0.3, 0.4) is 0 Å². The lowest BCUT2D eigenvalue weighted by molar-refractivity contribution is 0.0694. The minimum Gasteiger partial charge on any atom is -0.478 e. The van der Waals surface area contributed by atoms with Gasteiger partial charge in [0.05, 0.1) is 5.56 Å². The van der Waals surface area contributed by atoms with Crippen LogP contribution < -0.4 is 0 Å². The molecular weight excluding hydrogens is 214 g/mol. The molecule has 2 rings (SSSR count). The van der Waals surface area contributed by atoms with Gasteiger partial charge in [-0.1, -0.05) is 27.2 Å². The van der Waals surface area contributed by atoms with E-state index in [1.165, 1.54) is 6.42 Å². The fourth-order valence-electron chi connectivity index (χ4n) is 2.22. The fraction of sp³-hybridized carbons (Fsp3) is 0.643. The summed E-state index contributed by atoms with van der Waals surface area (Å²) in [6.45, 7) is 6.42. The Balaban J connectivity index is 2.40. The molecule has 2 N–H and O–H groups in total. The molecule has 1 fully saturated rings. The van der Waals surface area contributed by atoms with Crippen LogP contribution in [-0.2, 0) is 5.41 Å². The molecule has 0 bridgehead atoms. The highest BCUT2D eigenvalue weighted by Gasteiger charge is 2.30. The van der Waals surface area contributed by atoms with Gasteiger partial charge < -0.3 is 10.1 Å². The maximum atomic E-state index is 11.3. The Hall–Kier alpha value is -1.25. The number of hydrogen-bond acceptors (Lipinski definition) is 1. The van der Waals surface area contributed by atoms with Gasteiger partial charge in [0, 0.05) is 16.8 Å². The lowest BCUT2D eigenvalue weighted by Crippen LogP contribution is -2.17. The van der Waals surface area contributed by atoms with Crippen molar-refractivity contribution in [2.24, 2.45) is 0 Å². The molecule has 0 aliphatic heterocycles. The molecule has 1 aromatic heterocycles. The molecule has 0 radical (unpaired) electrons. The second kappa shape index (κ2) is 4.21. The molecule has 1 heterocycles. The summed E-state index contributed by atoms with van der Waals surface area (Å²) in [6.07, 6.45) is 4.45. The third-order valence-corrected chi connectivity index (χ3v) is 4.21. The number of hydrogen-bond donors (Lipinski definition) is 2. The first-order chi connectivity index (χ1) is 7.95. The van der Waals surface area contributed by atoms with Crippen molar-refractivity contribution in [1.82, 2.24) is 4.98 Å². The molecular formula is C14H21NO2. The van der Waals surface area contributed by atoms with Crippen LogP contribution in [0.1, 0.15) is 74.1 Å². The number of aromatic nitrogens is 1. The predicted octanol–water partition coefficient (Wildman–Crippen LogP) is 3.67. The van der Waals surface area contributed by atoms with Crippen molar-refractivity contribution in [1.29, 1.82) is 0 Å². The number of carbonyl (C=O) groups is 1. The minimum atomic E-state index is -0.804. The average Bonchev–Trinajstić information content (AvgIpc) is 2.60. The van der Waals surface area contributed by atoms with Gasteiger partial charge in [-0.3, -0.25) is 0 Å². The normalized spacial score (nSPS) is 16.9. The van der Waals surface area contributed by atoms with E-state index in [2.05, 4.69) is 25.8 Å². The van der Waals surface area contributed by atoms with Crippen LogP contribution >= 0.6 is 0 Å². The molecule has 1 saturated carbocycles. The number of rotatable bonds is 4. The molecule has 0 atom stereocenters. The maximum absolute atomic E-state index is 11.3. The molecule has 94 valence electrons. The van der Waals surface area contributed by atoms with Crippen LogP contribution in [0.2, 0.25) is 0 Å². The standard InChI is InChI=1S/C14H21NO2/c1-4-14(2,3)11-8-10(13(16)17)12(15-11)9-6-5-7-9/h8-9,15H,4-7H2,1-3H3,(H,16,17). The third kappa shape index (κ3) is 2.11. The Labute approximate surface area is 102 Å². The predicted molar refractivity (Wildman–Crippen MR) is 67.7 cm³/mol. The Kier molecular flexibility index (Phi) is 3.02. The largest absolute Gasteiger partial charge is 0.478 e.